The highest BCUT2D eigenvalue weighted by atomic mass is 16.6. The average Bonchev–Trinajstić information content (AvgIpc) is 2.73. The second-order valence-electron chi connectivity index (χ2n) is 7.48. The molecule has 3 rings (SSSR count). The molecule has 1 aliphatic carbocycles. The Kier molecular flexibility index (Phi) is 7.15. The van der Waals surface area contributed by atoms with Crippen LogP contribution in [0.3, 0.4) is 0 Å². The van der Waals surface area contributed by atoms with E-state index in [-0.39, 0.29) is 23.7 Å². The van der Waals surface area contributed by atoms with Gasteiger partial charge in [0.1, 0.15) is 12.8 Å². The van der Waals surface area contributed by atoms with Crippen molar-refractivity contribution in [1.29, 1.82) is 0 Å². The number of rotatable bonds is 9. The number of aliphatic hydroxyl groups excluding tert-OH is 1. The number of nitrogens with zero attached hydrogens (tertiary/aromatic N) is 1. The van der Waals surface area contributed by atoms with Crippen molar-refractivity contribution in [1.82, 2.24) is 4.73 Å². The topological polar surface area (TPSA) is 60.7 Å². The van der Waals surface area contributed by atoms with Crippen molar-refractivity contribution >= 4 is 0 Å². The van der Waals surface area contributed by atoms with Crippen molar-refractivity contribution in [2.24, 2.45) is 0 Å². The van der Waals surface area contributed by atoms with Crippen molar-refractivity contribution in [3.63, 3.8) is 0 Å². The molecular weight excluding hydrogens is 354 g/mol. The predicted molar refractivity (Wildman–Crippen MR) is 110 cm³/mol. The fourth-order valence-corrected chi connectivity index (χ4v) is 4.46. The van der Waals surface area contributed by atoms with E-state index in [1.54, 1.807) is 11.8 Å². The molecular formula is C23H31NO4. The number of hydrogen-bond acceptors (Lipinski definition) is 4. The van der Waals surface area contributed by atoms with Gasteiger partial charge in [-0.3, -0.25) is 4.79 Å². The quantitative estimate of drug-likeness (QED) is 0.670. The molecule has 5 nitrogen and oxygen atoms in total. The Labute approximate surface area is 166 Å². The smallest absolute Gasteiger partial charge is 0.227 e. The molecule has 0 radical (unpaired) electrons. The van der Waals surface area contributed by atoms with Gasteiger partial charge in [0.05, 0.1) is 19.4 Å². The third-order valence-electron chi connectivity index (χ3n) is 5.79. The number of aromatic nitrogens is 1. The molecule has 0 unspecified atom stereocenters. The van der Waals surface area contributed by atoms with E-state index in [0.29, 0.717) is 5.69 Å². The lowest BCUT2D eigenvalue weighted by Gasteiger charge is -2.29. The first kappa shape index (κ1) is 20.5. The highest BCUT2D eigenvalue weighted by molar-refractivity contribution is 5.40. The molecule has 1 N–H and O–H groups in total. The van der Waals surface area contributed by atoms with Gasteiger partial charge in [0.2, 0.25) is 5.43 Å². The summed E-state index contributed by atoms with van der Waals surface area (Å²) >= 11 is 0. The Morgan fingerprint density at radius 2 is 1.93 bits per heavy atom. The molecule has 0 saturated heterocycles. The van der Waals surface area contributed by atoms with Crippen LogP contribution in [0.1, 0.15) is 67.0 Å². The molecule has 1 aromatic heterocycles. The summed E-state index contributed by atoms with van der Waals surface area (Å²) in [7, 11) is 3.04. The zero-order chi connectivity index (χ0) is 19.9. The van der Waals surface area contributed by atoms with Gasteiger partial charge in [-0.1, -0.05) is 43.2 Å². The maximum Gasteiger partial charge on any atom is 0.227 e. The summed E-state index contributed by atoms with van der Waals surface area (Å²) in [6.45, 7) is -0.288. The Morgan fingerprint density at radius 3 is 2.61 bits per heavy atom. The summed E-state index contributed by atoms with van der Waals surface area (Å²) in [5.41, 5.74) is 3.43. The van der Waals surface area contributed by atoms with E-state index in [1.165, 1.54) is 19.1 Å². The molecule has 152 valence electrons. The number of benzene rings is 1. The predicted octanol–water partition coefficient (Wildman–Crippen LogP) is 3.63. The van der Waals surface area contributed by atoms with Gasteiger partial charge in [-0.05, 0) is 50.0 Å². The molecule has 1 aromatic carbocycles. The monoisotopic (exact) mass is 385 g/mol. The Hall–Kier alpha value is -2.27. The van der Waals surface area contributed by atoms with Gasteiger partial charge < -0.3 is 14.7 Å². The lowest BCUT2D eigenvalue weighted by Crippen LogP contribution is -2.31. The summed E-state index contributed by atoms with van der Waals surface area (Å²) in [4.78, 5) is 18.6. The highest BCUT2D eigenvalue weighted by Gasteiger charge is 2.30. The second-order valence-corrected chi connectivity index (χ2v) is 7.48. The fourth-order valence-electron chi connectivity index (χ4n) is 4.46. The first-order valence-corrected chi connectivity index (χ1v) is 10.2. The molecule has 0 amide bonds. The molecule has 0 spiro atoms. The molecule has 1 heterocycles. The number of aliphatic hydroxyl groups is 1. The van der Waals surface area contributed by atoms with Gasteiger partial charge in [0.15, 0.2) is 5.75 Å². The molecule has 1 aliphatic rings. The summed E-state index contributed by atoms with van der Waals surface area (Å²) in [5, 5.41) is 9.73. The van der Waals surface area contributed by atoms with Crippen molar-refractivity contribution < 1.29 is 14.7 Å². The molecule has 0 aliphatic heterocycles. The molecule has 0 fully saturated rings. The van der Waals surface area contributed by atoms with E-state index in [4.69, 9.17) is 9.57 Å². The second kappa shape index (κ2) is 9.78. The van der Waals surface area contributed by atoms with Gasteiger partial charge in [0, 0.05) is 5.56 Å². The summed E-state index contributed by atoms with van der Waals surface area (Å²) in [5.74, 6) is 0.440. The standard InChI is InChI=1S/C23H31NO4/c1-27-23-20(16-25)24(28-2)19-15-9-14-18(21(19)22(23)26)13-8-4-7-12-17-10-5-3-6-11-17/h3,5-6,10-11,18,25H,4,7-9,12-16H2,1-2H3/t18-/m1/s1. The molecule has 0 bridgehead atoms. The first-order valence-electron chi connectivity index (χ1n) is 10.2. The summed E-state index contributed by atoms with van der Waals surface area (Å²) in [6.07, 6.45) is 8.37. The zero-order valence-corrected chi connectivity index (χ0v) is 16.9. The lowest BCUT2D eigenvalue weighted by atomic mass is 9.81. The van der Waals surface area contributed by atoms with E-state index in [2.05, 4.69) is 24.3 Å². The van der Waals surface area contributed by atoms with Crippen LogP contribution in [0, 0.1) is 0 Å². The minimum atomic E-state index is -0.288. The Morgan fingerprint density at radius 1 is 1.14 bits per heavy atom. The van der Waals surface area contributed by atoms with Crippen LogP contribution in [0.15, 0.2) is 35.1 Å². The zero-order valence-electron chi connectivity index (χ0n) is 16.9. The van der Waals surface area contributed by atoms with Gasteiger partial charge in [-0.15, -0.1) is 0 Å². The van der Waals surface area contributed by atoms with Crippen LogP contribution in [0.25, 0.3) is 0 Å². The third-order valence-corrected chi connectivity index (χ3v) is 5.79. The Bertz CT molecular complexity index is 829. The SMILES string of the molecule is COc1c(CO)n(OC)c2c(c1=O)[C@H](CCCCCc1ccccc1)CCC2. The molecule has 28 heavy (non-hydrogen) atoms. The van der Waals surface area contributed by atoms with E-state index >= 15 is 0 Å². The fraction of sp³-hybridized carbons (Fsp3) is 0.522. The minimum absolute atomic E-state index is 0.0798. The maximum atomic E-state index is 13.1. The van der Waals surface area contributed by atoms with Crippen LogP contribution in [0.5, 0.6) is 5.75 Å². The highest BCUT2D eigenvalue weighted by Crippen LogP contribution is 2.35. The summed E-state index contributed by atoms with van der Waals surface area (Å²) in [6, 6.07) is 10.6. The van der Waals surface area contributed by atoms with Crippen LogP contribution in [-0.4, -0.2) is 24.1 Å². The molecule has 2 aromatic rings. The van der Waals surface area contributed by atoms with Crippen LogP contribution in [0.4, 0.5) is 0 Å². The van der Waals surface area contributed by atoms with Crippen molar-refractivity contribution in [3.8, 4) is 5.75 Å². The van der Waals surface area contributed by atoms with E-state index < -0.39 is 0 Å². The van der Waals surface area contributed by atoms with Gasteiger partial charge in [0.25, 0.3) is 0 Å². The van der Waals surface area contributed by atoms with Crippen molar-refractivity contribution in [2.75, 3.05) is 14.2 Å². The maximum absolute atomic E-state index is 13.1. The van der Waals surface area contributed by atoms with Crippen molar-refractivity contribution in [2.45, 2.75) is 63.9 Å². The number of unbranched alkanes of at least 4 members (excludes halogenated alkanes) is 2. The Balaban J connectivity index is 1.71. The van der Waals surface area contributed by atoms with Crippen LogP contribution < -0.4 is 15.0 Å². The van der Waals surface area contributed by atoms with E-state index in [0.717, 1.165) is 56.2 Å². The number of hydrogen-bond donors (Lipinski definition) is 1. The lowest BCUT2D eigenvalue weighted by molar-refractivity contribution is 0.122. The van der Waals surface area contributed by atoms with Gasteiger partial charge in [-0.25, -0.2) is 0 Å². The van der Waals surface area contributed by atoms with Crippen LogP contribution in [0.2, 0.25) is 0 Å². The first-order chi connectivity index (χ1) is 13.7. The van der Waals surface area contributed by atoms with Gasteiger partial charge >= 0.3 is 0 Å². The molecule has 5 heteroatoms. The van der Waals surface area contributed by atoms with E-state index in [1.807, 2.05) is 6.07 Å². The number of methoxy groups -OCH3 is 1. The van der Waals surface area contributed by atoms with Crippen molar-refractivity contribution in [3.05, 3.63) is 63.1 Å². The summed E-state index contributed by atoms with van der Waals surface area (Å²) < 4.78 is 6.95. The van der Waals surface area contributed by atoms with Crippen LogP contribution in [-0.2, 0) is 19.4 Å². The number of pyridine rings is 1. The third kappa shape index (κ3) is 4.25. The minimum Gasteiger partial charge on any atom is -0.491 e. The van der Waals surface area contributed by atoms with Gasteiger partial charge in [-0.2, -0.15) is 4.73 Å². The largest absolute Gasteiger partial charge is 0.491 e. The normalized spacial score (nSPS) is 15.9. The number of ether oxygens (including phenoxy) is 1. The average molecular weight is 386 g/mol. The van der Waals surface area contributed by atoms with E-state index in [9.17, 15) is 9.90 Å². The molecule has 1 atom stereocenters. The number of aryl methyl sites for hydroxylation is 1. The molecule has 0 saturated carbocycles. The number of fused-ring (bicyclic) bond motifs is 1. The van der Waals surface area contributed by atoms with Crippen LogP contribution >= 0.6 is 0 Å².